The molecule has 0 bridgehead atoms. The maximum atomic E-state index is 13.8. The number of amides is 1. The van der Waals surface area contributed by atoms with Crippen LogP contribution in [0.3, 0.4) is 0 Å². The average Bonchev–Trinajstić information content (AvgIpc) is 2.28. The quantitative estimate of drug-likeness (QED) is 0.644. The van der Waals surface area contributed by atoms with Crippen molar-refractivity contribution >= 4 is 21.4 Å². The molecule has 0 aliphatic rings. The summed E-state index contributed by atoms with van der Waals surface area (Å²) < 4.78 is 49.0. The van der Waals surface area contributed by atoms with Crippen LogP contribution < -0.4 is 5.32 Å². The van der Waals surface area contributed by atoms with Crippen molar-refractivity contribution in [1.82, 2.24) is 5.32 Å². The van der Waals surface area contributed by atoms with Crippen LogP contribution in [0, 0.1) is 21.7 Å². The molecule has 0 heterocycles. The van der Waals surface area contributed by atoms with Crippen LogP contribution in [0.4, 0.5) is 14.5 Å². The van der Waals surface area contributed by atoms with Crippen LogP contribution >= 0.6 is 0 Å². The summed E-state index contributed by atoms with van der Waals surface area (Å²) in [5.74, 6) is -4.17. The molecular weight excluding hydrogens is 310 g/mol. The normalized spacial score (nSPS) is 12.8. The van der Waals surface area contributed by atoms with E-state index in [1.54, 1.807) is 0 Å². The maximum Gasteiger partial charge on any atom is 0.308 e. The third-order valence-electron chi connectivity index (χ3n) is 2.39. The lowest BCUT2D eigenvalue weighted by Crippen LogP contribution is -2.37. The van der Waals surface area contributed by atoms with Crippen molar-refractivity contribution in [1.29, 1.82) is 0 Å². The van der Waals surface area contributed by atoms with Gasteiger partial charge in [0.15, 0.2) is 0 Å². The fourth-order valence-electron chi connectivity index (χ4n) is 1.67. The minimum atomic E-state index is -3.38. The van der Waals surface area contributed by atoms with E-state index < -0.39 is 55.3 Å². The number of nitrogens with zero attached hydrogens (tertiary/aromatic N) is 1. The highest BCUT2D eigenvalue weighted by atomic mass is 32.2. The molecule has 10 heteroatoms. The number of nitrogens with one attached hydrogen (secondary N) is 1. The number of hydrogen-bond donors (Lipinski definition) is 1. The first kappa shape index (κ1) is 17.0. The minimum absolute atomic E-state index is 0.353. The molecule has 1 atom stereocenters. The van der Waals surface area contributed by atoms with Gasteiger partial charge in [-0.15, -0.1) is 0 Å². The van der Waals surface area contributed by atoms with Gasteiger partial charge in [0, 0.05) is 12.3 Å². The number of carbonyl (C=O) groups excluding carboxylic acids is 1. The van der Waals surface area contributed by atoms with Crippen LogP contribution in [0.2, 0.25) is 0 Å². The zero-order chi connectivity index (χ0) is 16.4. The second-order valence-corrected chi connectivity index (χ2v) is 6.70. The van der Waals surface area contributed by atoms with Gasteiger partial charge in [-0.05, 0) is 13.0 Å². The fraction of sp³-hybridized carbons (Fsp3) is 0.364. The second kappa shape index (κ2) is 6.12. The molecule has 1 aromatic rings. The molecule has 21 heavy (non-hydrogen) atoms. The predicted octanol–water partition coefficient (Wildman–Crippen LogP) is 1.04. The first-order valence-electron chi connectivity index (χ1n) is 5.63. The number of sulfone groups is 1. The Hall–Kier alpha value is -2.10. The molecule has 0 aromatic heterocycles. The molecule has 0 aliphatic heterocycles. The van der Waals surface area contributed by atoms with Gasteiger partial charge in [0.2, 0.25) is 5.82 Å². The third-order valence-corrected chi connectivity index (χ3v) is 3.50. The third kappa shape index (κ3) is 4.74. The van der Waals surface area contributed by atoms with E-state index in [0.29, 0.717) is 12.1 Å². The van der Waals surface area contributed by atoms with Crippen LogP contribution in [0.1, 0.15) is 17.3 Å². The van der Waals surface area contributed by atoms with Crippen molar-refractivity contribution < 1.29 is 26.9 Å². The molecule has 0 saturated heterocycles. The highest BCUT2D eigenvalue weighted by molar-refractivity contribution is 7.90. The highest BCUT2D eigenvalue weighted by Gasteiger charge is 2.25. The van der Waals surface area contributed by atoms with Crippen LogP contribution in [-0.2, 0) is 9.84 Å². The number of nitro benzene ring substituents is 1. The lowest BCUT2D eigenvalue weighted by Gasteiger charge is -2.13. The topological polar surface area (TPSA) is 106 Å². The van der Waals surface area contributed by atoms with Gasteiger partial charge in [0.05, 0.1) is 22.3 Å². The standard InChI is InChI=1S/C11H12F2N2O5S/c1-6(5-21(2,19)20)14-11(16)8-3-7(12)4-9(10(8)13)15(17)18/h3-4,6H,5H2,1-2H3,(H,14,16). The molecule has 0 radical (unpaired) electrons. The van der Waals surface area contributed by atoms with E-state index in [2.05, 4.69) is 5.32 Å². The van der Waals surface area contributed by atoms with Crippen LogP contribution in [-0.4, -0.2) is 37.3 Å². The second-order valence-electron chi connectivity index (χ2n) is 4.51. The molecule has 0 fully saturated rings. The summed E-state index contributed by atoms with van der Waals surface area (Å²) in [7, 11) is -3.38. The Labute approximate surface area is 119 Å². The number of carbonyl (C=O) groups is 1. The van der Waals surface area contributed by atoms with E-state index in [1.807, 2.05) is 0 Å². The zero-order valence-electron chi connectivity index (χ0n) is 11.1. The summed E-state index contributed by atoms with van der Waals surface area (Å²) in [6.07, 6.45) is 0.948. The van der Waals surface area contributed by atoms with Crippen molar-refractivity contribution in [2.75, 3.05) is 12.0 Å². The van der Waals surface area contributed by atoms with E-state index in [0.717, 1.165) is 6.26 Å². The van der Waals surface area contributed by atoms with Gasteiger partial charge in [-0.1, -0.05) is 0 Å². The summed E-state index contributed by atoms with van der Waals surface area (Å²) >= 11 is 0. The van der Waals surface area contributed by atoms with Crippen molar-refractivity contribution in [2.24, 2.45) is 0 Å². The number of benzene rings is 1. The van der Waals surface area contributed by atoms with Gasteiger partial charge >= 0.3 is 5.69 Å². The first-order valence-corrected chi connectivity index (χ1v) is 7.69. The number of halogens is 2. The molecule has 7 nitrogen and oxygen atoms in total. The molecule has 1 rings (SSSR count). The largest absolute Gasteiger partial charge is 0.348 e. The predicted molar refractivity (Wildman–Crippen MR) is 69.7 cm³/mol. The van der Waals surface area contributed by atoms with Crippen molar-refractivity contribution in [2.45, 2.75) is 13.0 Å². The Morgan fingerprint density at radius 2 is 2.00 bits per heavy atom. The number of hydrogen-bond acceptors (Lipinski definition) is 5. The van der Waals surface area contributed by atoms with Gasteiger partial charge in [-0.25, -0.2) is 12.8 Å². The van der Waals surface area contributed by atoms with Gasteiger partial charge in [-0.3, -0.25) is 14.9 Å². The molecule has 0 aliphatic carbocycles. The summed E-state index contributed by atoms with van der Waals surface area (Å²) in [5.41, 5.74) is -2.03. The molecular formula is C11H12F2N2O5S. The number of nitro groups is 1. The lowest BCUT2D eigenvalue weighted by molar-refractivity contribution is -0.387. The summed E-state index contributed by atoms with van der Waals surface area (Å²) in [6.45, 7) is 1.35. The molecule has 1 amide bonds. The Morgan fingerprint density at radius 3 is 2.48 bits per heavy atom. The summed E-state index contributed by atoms with van der Waals surface area (Å²) in [6, 6.07) is -0.00845. The average molecular weight is 322 g/mol. The minimum Gasteiger partial charge on any atom is -0.348 e. The van der Waals surface area contributed by atoms with Gasteiger partial charge < -0.3 is 5.32 Å². The maximum absolute atomic E-state index is 13.8. The van der Waals surface area contributed by atoms with E-state index in [-0.39, 0.29) is 0 Å². The van der Waals surface area contributed by atoms with Crippen molar-refractivity contribution in [3.63, 3.8) is 0 Å². The SMILES string of the molecule is CC(CS(C)(=O)=O)NC(=O)c1cc(F)cc([N+](=O)[O-])c1F. The van der Waals surface area contributed by atoms with E-state index in [4.69, 9.17) is 0 Å². The molecule has 0 spiro atoms. The Morgan fingerprint density at radius 1 is 1.43 bits per heavy atom. The van der Waals surface area contributed by atoms with E-state index in [9.17, 15) is 32.1 Å². The molecule has 1 unspecified atom stereocenters. The van der Waals surface area contributed by atoms with E-state index >= 15 is 0 Å². The van der Waals surface area contributed by atoms with Crippen LogP contribution in [0.15, 0.2) is 12.1 Å². The van der Waals surface area contributed by atoms with Crippen LogP contribution in [0.25, 0.3) is 0 Å². The van der Waals surface area contributed by atoms with Gasteiger partial charge in [-0.2, -0.15) is 4.39 Å². The monoisotopic (exact) mass is 322 g/mol. The van der Waals surface area contributed by atoms with Gasteiger partial charge in [0.1, 0.15) is 15.7 Å². The Kier molecular flexibility index (Phi) is 4.94. The van der Waals surface area contributed by atoms with Crippen molar-refractivity contribution in [3.8, 4) is 0 Å². The Balaban J connectivity index is 3.06. The lowest BCUT2D eigenvalue weighted by atomic mass is 10.1. The van der Waals surface area contributed by atoms with Gasteiger partial charge in [0.25, 0.3) is 5.91 Å². The number of rotatable bonds is 5. The molecule has 0 saturated carbocycles. The highest BCUT2D eigenvalue weighted by Crippen LogP contribution is 2.22. The molecule has 1 N–H and O–H groups in total. The summed E-state index contributed by atoms with van der Waals surface area (Å²) in [4.78, 5) is 21.1. The van der Waals surface area contributed by atoms with E-state index in [1.165, 1.54) is 6.92 Å². The summed E-state index contributed by atoms with van der Waals surface area (Å²) in [5, 5.41) is 12.7. The zero-order valence-corrected chi connectivity index (χ0v) is 11.9. The molecule has 116 valence electrons. The Bertz CT molecular complexity index is 690. The smallest absolute Gasteiger partial charge is 0.308 e. The van der Waals surface area contributed by atoms with Crippen molar-refractivity contribution in [3.05, 3.63) is 39.4 Å². The fourth-order valence-corrected chi connectivity index (χ4v) is 2.66. The molecule has 1 aromatic carbocycles. The first-order chi connectivity index (χ1) is 9.51. The van der Waals surface area contributed by atoms with Crippen LogP contribution in [0.5, 0.6) is 0 Å².